The van der Waals surface area contributed by atoms with Gasteiger partial charge in [0.05, 0.1) is 11.9 Å². The highest BCUT2D eigenvalue weighted by molar-refractivity contribution is 6.04. The number of benzene rings is 3. The molecule has 4 rings (SSSR count). The van der Waals surface area contributed by atoms with Crippen LogP contribution >= 0.6 is 0 Å². The van der Waals surface area contributed by atoms with Crippen LogP contribution in [-0.2, 0) is 0 Å². The average molecular weight is 385 g/mol. The van der Waals surface area contributed by atoms with Crippen molar-refractivity contribution in [2.75, 3.05) is 13.2 Å². The van der Waals surface area contributed by atoms with Gasteiger partial charge in [-0.15, -0.1) is 0 Å². The summed E-state index contributed by atoms with van der Waals surface area (Å²) in [6.45, 7) is 0.605. The number of nitrogens with one attached hydrogen (secondary N) is 2. The molecule has 29 heavy (non-hydrogen) atoms. The number of ether oxygens (including phenoxy) is 1. The predicted octanol–water partition coefficient (Wildman–Crippen LogP) is 3.40. The molecule has 2 N–H and O–H groups in total. The third-order valence-electron chi connectivity index (χ3n) is 4.53. The Bertz CT molecular complexity index is 1200. The Morgan fingerprint density at radius 1 is 0.897 bits per heavy atom. The fourth-order valence-corrected chi connectivity index (χ4v) is 3.15. The highest BCUT2D eigenvalue weighted by Crippen LogP contribution is 2.29. The summed E-state index contributed by atoms with van der Waals surface area (Å²) in [7, 11) is 0. The molecule has 4 aromatic rings. The lowest BCUT2D eigenvalue weighted by molar-refractivity contribution is 0.0943. The summed E-state index contributed by atoms with van der Waals surface area (Å²) in [6.07, 6.45) is 0. The lowest BCUT2D eigenvalue weighted by Crippen LogP contribution is -2.30. The van der Waals surface area contributed by atoms with Crippen LogP contribution in [0.5, 0.6) is 5.75 Å². The SMILES string of the molecule is O=C(NCCOc1ccccc1-c1ccccc1)c1n[nH]c(=O)c2ccccc12. The summed E-state index contributed by atoms with van der Waals surface area (Å²) in [5, 5.41) is 10.0. The number of amides is 1. The van der Waals surface area contributed by atoms with Crippen LogP contribution in [0.4, 0.5) is 0 Å². The number of fused-ring (bicyclic) bond motifs is 1. The molecule has 1 amide bonds. The number of rotatable bonds is 6. The number of aromatic amines is 1. The van der Waals surface area contributed by atoms with Gasteiger partial charge in [-0.1, -0.05) is 66.7 Å². The summed E-state index contributed by atoms with van der Waals surface area (Å²) in [5.74, 6) is 0.387. The highest BCUT2D eigenvalue weighted by atomic mass is 16.5. The van der Waals surface area contributed by atoms with Gasteiger partial charge in [-0.25, -0.2) is 5.10 Å². The number of H-pyrrole nitrogens is 1. The summed E-state index contributed by atoms with van der Waals surface area (Å²) in [4.78, 5) is 24.4. The Morgan fingerprint density at radius 2 is 1.59 bits per heavy atom. The van der Waals surface area contributed by atoms with Crippen molar-refractivity contribution in [2.45, 2.75) is 0 Å². The number of aromatic nitrogens is 2. The molecule has 0 fully saturated rings. The molecule has 0 saturated carbocycles. The maximum atomic E-state index is 12.5. The topological polar surface area (TPSA) is 84.1 Å². The van der Waals surface area contributed by atoms with Crippen molar-refractivity contribution in [1.82, 2.24) is 15.5 Å². The first kappa shape index (κ1) is 18.4. The predicted molar refractivity (Wildman–Crippen MR) is 112 cm³/mol. The molecule has 1 aromatic heterocycles. The molecule has 0 radical (unpaired) electrons. The van der Waals surface area contributed by atoms with Crippen LogP contribution in [0.25, 0.3) is 21.9 Å². The van der Waals surface area contributed by atoms with E-state index < -0.39 is 0 Å². The minimum absolute atomic E-state index is 0.185. The van der Waals surface area contributed by atoms with Gasteiger partial charge in [0.15, 0.2) is 5.69 Å². The minimum Gasteiger partial charge on any atom is -0.491 e. The molecule has 6 heteroatoms. The van der Waals surface area contributed by atoms with Gasteiger partial charge in [0.2, 0.25) is 0 Å². The van der Waals surface area contributed by atoms with Crippen LogP contribution in [0.2, 0.25) is 0 Å². The first-order valence-electron chi connectivity index (χ1n) is 9.27. The van der Waals surface area contributed by atoms with Gasteiger partial charge < -0.3 is 10.1 Å². The van der Waals surface area contributed by atoms with Crippen molar-refractivity contribution in [1.29, 1.82) is 0 Å². The van der Waals surface area contributed by atoms with Crippen molar-refractivity contribution in [3.8, 4) is 16.9 Å². The van der Waals surface area contributed by atoms with E-state index in [1.54, 1.807) is 24.3 Å². The van der Waals surface area contributed by atoms with Crippen molar-refractivity contribution >= 4 is 16.7 Å². The lowest BCUT2D eigenvalue weighted by atomic mass is 10.1. The summed E-state index contributed by atoms with van der Waals surface area (Å²) >= 11 is 0. The standard InChI is InChI=1S/C23H19N3O3/c27-22-19-12-5-4-11-18(19)21(25-26-22)23(28)24-14-15-29-20-13-7-6-10-17(20)16-8-2-1-3-9-16/h1-13H,14-15H2,(H,24,28)(H,26,27). The number of hydrogen-bond acceptors (Lipinski definition) is 4. The molecule has 3 aromatic carbocycles. The first-order valence-corrected chi connectivity index (χ1v) is 9.27. The summed E-state index contributed by atoms with van der Waals surface area (Å²) in [5.41, 5.74) is 1.92. The Balaban J connectivity index is 1.42. The van der Waals surface area contributed by atoms with E-state index in [9.17, 15) is 9.59 Å². The van der Waals surface area contributed by atoms with Crippen LogP contribution in [0.3, 0.4) is 0 Å². The summed E-state index contributed by atoms with van der Waals surface area (Å²) in [6, 6.07) is 24.6. The summed E-state index contributed by atoms with van der Waals surface area (Å²) < 4.78 is 5.89. The van der Waals surface area contributed by atoms with Crippen LogP contribution in [0, 0.1) is 0 Å². The molecule has 0 aliphatic rings. The van der Waals surface area contributed by atoms with E-state index in [2.05, 4.69) is 15.5 Å². The Labute approximate surface area is 167 Å². The number of carbonyl (C=O) groups is 1. The number of para-hydroxylation sites is 1. The van der Waals surface area contributed by atoms with Crippen LogP contribution < -0.4 is 15.6 Å². The van der Waals surface area contributed by atoms with Gasteiger partial charge in [-0.05, 0) is 17.7 Å². The molecule has 0 spiro atoms. The second kappa shape index (κ2) is 8.39. The molecule has 1 heterocycles. The number of carbonyl (C=O) groups excluding carboxylic acids is 1. The maximum Gasteiger partial charge on any atom is 0.272 e. The molecule has 0 saturated heterocycles. The van der Waals surface area contributed by atoms with Crippen molar-refractivity contribution in [2.24, 2.45) is 0 Å². The van der Waals surface area contributed by atoms with Gasteiger partial charge in [0.25, 0.3) is 11.5 Å². The zero-order chi connectivity index (χ0) is 20.1. The number of nitrogens with zero attached hydrogens (tertiary/aromatic N) is 1. The van der Waals surface area contributed by atoms with Gasteiger partial charge in [-0.2, -0.15) is 5.10 Å². The molecule has 0 aliphatic carbocycles. The Kier molecular flexibility index (Phi) is 5.33. The van der Waals surface area contributed by atoms with E-state index in [4.69, 9.17) is 4.74 Å². The van der Waals surface area contributed by atoms with E-state index >= 15 is 0 Å². The first-order chi connectivity index (χ1) is 14.2. The van der Waals surface area contributed by atoms with E-state index in [1.165, 1.54) is 0 Å². The van der Waals surface area contributed by atoms with Gasteiger partial charge in [-0.3, -0.25) is 9.59 Å². The molecule has 6 nitrogen and oxygen atoms in total. The molecule has 0 bridgehead atoms. The molecular weight excluding hydrogens is 366 g/mol. The normalized spacial score (nSPS) is 10.6. The largest absolute Gasteiger partial charge is 0.491 e. The van der Waals surface area contributed by atoms with E-state index in [1.807, 2.05) is 54.6 Å². The van der Waals surface area contributed by atoms with Crippen molar-refractivity contribution in [3.63, 3.8) is 0 Å². The van der Waals surface area contributed by atoms with Gasteiger partial charge >= 0.3 is 0 Å². The Hall–Kier alpha value is -3.93. The molecule has 144 valence electrons. The van der Waals surface area contributed by atoms with E-state index in [0.717, 1.165) is 16.9 Å². The third-order valence-corrected chi connectivity index (χ3v) is 4.53. The van der Waals surface area contributed by atoms with Crippen molar-refractivity contribution < 1.29 is 9.53 Å². The smallest absolute Gasteiger partial charge is 0.272 e. The molecule has 0 atom stereocenters. The quantitative estimate of drug-likeness (QED) is 0.498. The molecular formula is C23H19N3O3. The maximum absolute atomic E-state index is 12.5. The average Bonchev–Trinajstić information content (AvgIpc) is 2.78. The van der Waals surface area contributed by atoms with Gasteiger partial charge in [0, 0.05) is 10.9 Å². The van der Waals surface area contributed by atoms with Crippen LogP contribution in [0.15, 0.2) is 83.7 Å². The van der Waals surface area contributed by atoms with Crippen LogP contribution in [0.1, 0.15) is 10.5 Å². The fourth-order valence-electron chi connectivity index (χ4n) is 3.15. The zero-order valence-corrected chi connectivity index (χ0v) is 15.6. The van der Waals surface area contributed by atoms with E-state index in [-0.39, 0.29) is 17.2 Å². The number of hydrogen-bond donors (Lipinski definition) is 2. The third kappa shape index (κ3) is 4.01. The van der Waals surface area contributed by atoms with E-state index in [0.29, 0.717) is 23.9 Å². The Morgan fingerprint density at radius 3 is 2.41 bits per heavy atom. The second-order valence-electron chi connectivity index (χ2n) is 6.41. The minimum atomic E-state index is -0.364. The monoisotopic (exact) mass is 385 g/mol. The fraction of sp³-hybridized carbons (Fsp3) is 0.0870. The second-order valence-corrected chi connectivity index (χ2v) is 6.41. The van der Waals surface area contributed by atoms with Crippen LogP contribution in [-0.4, -0.2) is 29.3 Å². The molecule has 0 aliphatic heterocycles. The highest BCUT2D eigenvalue weighted by Gasteiger charge is 2.13. The molecule has 0 unspecified atom stereocenters. The van der Waals surface area contributed by atoms with Crippen molar-refractivity contribution in [3.05, 3.63) is 94.9 Å². The van der Waals surface area contributed by atoms with Gasteiger partial charge in [0.1, 0.15) is 12.4 Å². The lowest BCUT2D eigenvalue weighted by Gasteiger charge is -2.12. The zero-order valence-electron chi connectivity index (χ0n) is 15.6.